The first-order valence-corrected chi connectivity index (χ1v) is 26.3. The number of benzene rings is 3. The SMILES string of the molecule is COc1ccc(C(=O)OC(=O)CSc2ccncc2)c(OC)n1.COc1ccc(N)c(S(=O)(=O)O)c1.Cc1cc(C(=O)OC(c2ccccn2)S(=O)(=O)O)cc(Cl)n1.O=C(O)c1ccc(N=Cc2c(Cl)cccc2Cl)cc1. The average Bonchev–Trinajstić information content (AvgIpc) is 3.40. The molecule has 4 heterocycles. The van der Waals surface area contributed by atoms with Gasteiger partial charge in [0.1, 0.15) is 21.4 Å². The lowest BCUT2D eigenvalue weighted by Crippen LogP contribution is -2.20. The van der Waals surface area contributed by atoms with E-state index in [1.165, 1.54) is 100.0 Å². The molecule has 3 aromatic carbocycles. The lowest BCUT2D eigenvalue weighted by atomic mass is 10.2. The molecule has 0 saturated carbocycles. The third-order valence-corrected chi connectivity index (χ3v) is 12.8. The van der Waals surface area contributed by atoms with E-state index in [1.54, 1.807) is 74.1 Å². The van der Waals surface area contributed by atoms with Gasteiger partial charge >= 0.3 is 34.0 Å². The Morgan fingerprint density at radius 1 is 0.753 bits per heavy atom. The van der Waals surface area contributed by atoms with Crippen molar-refractivity contribution in [1.29, 1.82) is 0 Å². The van der Waals surface area contributed by atoms with E-state index in [1.807, 2.05) is 0 Å². The molecule has 0 radical (unpaired) electrons. The monoisotopic (exact) mass is 1170 g/mol. The predicted octanol–water partition coefficient (Wildman–Crippen LogP) is 9.12. The van der Waals surface area contributed by atoms with Crippen LogP contribution in [-0.4, -0.2) is 108 Å². The van der Waals surface area contributed by atoms with E-state index in [9.17, 15) is 40.6 Å². The van der Waals surface area contributed by atoms with Crippen LogP contribution in [0.2, 0.25) is 15.2 Å². The Hall–Kier alpha value is -7.75. The molecule has 22 nitrogen and oxygen atoms in total. The number of aryl methyl sites for hydroxylation is 1. The minimum absolute atomic E-state index is 0.00164. The number of anilines is 1. The highest BCUT2D eigenvalue weighted by atomic mass is 35.5. The zero-order valence-corrected chi connectivity index (χ0v) is 45.1. The summed E-state index contributed by atoms with van der Waals surface area (Å²) in [5.41, 5.74) is 5.29. The molecular formula is C49H43Cl3N6O16S3. The Morgan fingerprint density at radius 2 is 1.43 bits per heavy atom. The number of rotatable bonds is 15. The molecule has 404 valence electrons. The topological polar surface area (TPSA) is 333 Å². The number of nitrogens with zero attached hydrogens (tertiary/aromatic N) is 5. The van der Waals surface area contributed by atoms with Gasteiger partial charge in [-0.25, -0.2) is 19.4 Å². The van der Waals surface area contributed by atoms with Gasteiger partial charge in [0.25, 0.3) is 15.6 Å². The van der Waals surface area contributed by atoms with Crippen LogP contribution in [-0.2, 0) is 34.5 Å². The van der Waals surface area contributed by atoms with Crippen LogP contribution in [0.15, 0.2) is 149 Å². The molecule has 4 aromatic heterocycles. The van der Waals surface area contributed by atoms with Crippen molar-refractivity contribution in [2.24, 2.45) is 4.99 Å². The molecule has 0 spiro atoms. The van der Waals surface area contributed by atoms with Gasteiger partial charge in [-0.05, 0) is 97.9 Å². The first kappa shape index (κ1) is 61.8. The van der Waals surface area contributed by atoms with Crippen LogP contribution >= 0.6 is 46.6 Å². The fraction of sp³-hybridized carbons (Fsp3) is 0.122. The Morgan fingerprint density at radius 3 is 1.99 bits per heavy atom. The maximum absolute atomic E-state index is 12.1. The van der Waals surface area contributed by atoms with E-state index in [0.717, 1.165) is 11.0 Å². The molecule has 7 rings (SSSR count). The summed E-state index contributed by atoms with van der Waals surface area (Å²) in [5.74, 6) is -2.78. The van der Waals surface area contributed by atoms with Crippen molar-refractivity contribution < 1.29 is 73.9 Å². The second kappa shape index (κ2) is 29.5. The van der Waals surface area contributed by atoms with Gasteiger partial charge in [-0.2, -0.15) is 21.8 Å². The fourth-order valence-electron chi connectivity index (χ4n) is 5.64. The van der Waals surface area contributed by atoms with E-state index < -0.39 is 49.5 Å². The minimum Gasteiger partial charge on any atom is -0.497 e. The molecule has 1 unspecified atom stereocenters. The lowest BCUT2D eigenvalue weighted by molar-refractivity contribution is -0.134. The molecule has 5 N–H and O–H groups in total. The molecule has 0 bridgehead atoms. The van der Waals surface area contributed by atoms with Crippen molar-refractivity contribution >= 4 is 108 Å². The third kappa shape index (κ3) is 20.0. The van der Waals surface area contributed by atoms with E-state index in [-0.39, 0.29) is 55.6 Å². The molecule has 0 aliphatic carbocycles. The van der Waals surface area contributed by atoms with E-state index in [0.29, 0.717) is 32.7 Å². The summed E-state index contributed by atoms with van der Waals surface area (Å²) in [6.45, 7) is 1.61. The summed E-state index contributed by atoms with van der Waals surface area (Å²) in [6, 6.07) is 28.8. The second-order valence-corrected chi connectivity index (χ2v) is 19.7. The van der Waals surface area contributed by atoms with Crippen molar-refractivity contribution in [2.75, 3.05) is 32.8 Å². The number of nitrogen functional groups attached to an aromatic ring is 1. The molecular weight excluding hydrogens is 1130 g/mol. The molecule has 0 aliphatic heterocycles. The van der Waals surface area contributed by atoms with Crippen LogP contribution in [0.4, 0.5) is 11.4 Å². The number of carboxylic acids is 1. The second-order valence-electron chi connectivity index (χ2n) is 14.6. The number of esters is 3. The standard InChI is InChI=1S/C15H14N2O5S.C14H9Cl2NO2.C13H11ClN2O5S.C7H9NO4S/c1-20-12-4-3-11(14(17-12)21-2)15(19)22-13(18)9-23-10-5-7-16-8-6-10;15-12-2-1-3-13(16)11(12)8-17-10-6-4-9(5-7-10)14(18)19;1-8-6-9(7-11(14)16-8)12(17)21-13(22(18,19)20)10-4-2-3-5-15-10;1-12-5-2-3-6(8)7(4-5)13(9,10)11/h3-8H,9H2,1-2H3;1-8H,(H,18,19);2-7,13H,1H3,(H,18,19,20);2-4H,8H2,1H3,(H,9,10,11). The number of carbonyl (C=O) groups excluding carboxylic acids is 3. The zero-order chi connectivity index (χ0) is 56.9. The first-order chi connectivity index (χ1) is 36.4. The smallest absolute Gasteiger partial charge is 0.351 e. The molecule has 77 heavy (non-hydrogen) atoms. The molecule has 28 heteroatoms. The first-order valence-electron chi connectivity index (χ1n) is 21.3. The van der Waals surface area contributed by atoms with Gasteiger partial charge in [0.05, 0.1) is 65.3 Å². The van der Waals surface area contributed by atoms with Gasteiger partial charge in [0.2, 0.25) is 11.8 Å². The van der Waals surface area contributed by atoms with Crippen LogP contribution in [0.3, 0.4) is 0 Å². The van der Waals surface area contributed by atoms with Crippen LogP contribution in [0.25, 0.3) is 0 Å². The molecule has 1 atom stereocenters. The van der Waals surface area contributed by atoms with Crippen molar-refractivity contribution in [3.8, 4) is 17.5 Å². The Labute approximate surface area is 459 Å². The van der Waals surface area contributed by atoms with Crippen molar-refractivity contribution in [2.45, 2.75) is 22.2 Å². The highest BCUT2D eigenvalue weighted by Gasteiger charge is 2.31. The number of nitrogens with two attached hydrogens (primary N) is 1. The van der Waals surface area contributed by atoms with Crippen LogP contribution < -0.4 is 19.9 Å². The van der Waals surface area contributed by atoms with Gasteiger partial charge in [0, 0.05) is 53.1 Å². The number of halogens is 3. The fourth-order valence-corrected chi connectivity index (χ4v) is 8.33. The lowest BCUT2D eigenvalue weighted by Gasteiger charge is -2.14. The quantitative estimate of drug-likeness (QED) is 0.0141. The number of carboxylic acid groups (broad SMARTS) is 1. The van der Waals surface area contributed by atoms with E-state index in [4.69, 9.17) is 73.9 Å². The van der Waals surface area contributed by atoms with Crippen LogP contribution in [0.5, 0.6) is 17.5 Å². The number of ether oxygens (including phenoxy) is 5. The predicted molar refractivity (Wildman–Crippen MR) is 285 cm³/mol. The largest absolute Gasteiger partial charge is 0.497 e. The number of methoxy groups -OCH3 is 3. The number of pyridine rings is 4. The number of carbonyl (C=O) groups is 4. The Bertz CT molecular complexity index is 3400. The van der Waals surface area contributed by atoms with Gasteiger partial charge in [-0.1, -0.05) is 46.9 Å². The van der Waals surface area contributed by atoms with Gasteiger partial charge < -0.3 is 34.5 Å². The van der Waals surface area contributed by atoms with Crippen LogP contribution in [0.1, 0.15) is 53.5 Å². The molecule has 0 fully saturated rings. The number of hydrogen-bond acceptors (Lipinski definition) is 20. The number of aromatic nitrogens is 4. The van der Waals surface area contributed by atoms with Crippen molar-refractivity contribution in [3.05, 3.63) is 183 Å². The minimum atomic E-state index is -4.70. The van der Waals surface area contributed by atoms with Crippen molar-refractivity contribution in [1.82, 2.24) is 19.9 Å². The maximum Gasteiger partial charge on any atom is 0.351 e. The summed E-state index contributed by atoms with van der Waals surface area (Å²) >= 11 is 19.0. The van der Waals surface area contributed by atoms with Crippen LogP contribution in [0, 0.1) is 6.92 Å². The number of aromatic carboxylic acids is 1. The van der Waals surface area contributed by atoms with E-state index >= 15 is 0 Å². The number of thioether (sulfide) groups is 1. The van der Waals surface area contributed by atoms with Gasteiger partial charge in [0.15, 0.2) is 0 Å². The Balaban J connectivity index is 0.000000226. The van der Waals surface area contributed by atoms with Gasteiger partial charge in [-0.15, -0.1) is 11.8 Å². The van der Waals surface area contributed by atoms with Crippen molar-refractivity contribution in [3.63, 3.8) is 0 Å². The average molecular weight is 1170 g/mol. The molecule has 0 aliphatic rings. The maximum atomic E-state index is 12.1. The summed E-state index contributed by atoms with van der Waals surface area (Å²) in [5, 5.41) is 9.87. The highest BCUT2D eigenvalue weighted by Crippen LogP contribution is 2.27. The molecule has 7 aromatic rings. The highest BCUT2D eigenvalue weighted by molar-refractivity contribution is 8.00. The summed E-state index contributed by atoms with van der Waals surface area (Å²) in [7, 11) is -4.77. The number of aliphatic imine (C=N–C) groups is 1. The van der Waals surface area contributed by atoms with E-state index in [2.05, 4.69) is 24.9 Å². The molecule has 0 saturated heterocycles. The normalized spacial score (nSPS) is 11.2. The third-order valence-electron chi connectivity index (χ3n) is 9.20. The molecule has 0 amide bonds. The van der Waals surface area contributed by atoms with Gasteiger partial charge in [-0.3, -0.25) is 28.9 Å². The summed E-state index contributed by atoms with van der Waals surface area (Å²) in [4.78, 5) is 66.8. The zero-order valence-electron chi connectivity index (χ0n) is 40.4. The summed E-state index contributed by atoms with van der Waals surface area (Å²) in [6.07, 6.45) is 6.11. The number of hydrogen-bond donors (Lipinski definition) is 4. The summed E-state index contributed by atoms with van der Waals surface area (Å²) < 4.78 is 86.7. The Kier molecular flexibility index (Phi) is 23.7.